The Labute approximate surface area is 94.9 Å². The highest BCUT2D eigenvalue weighted by Gasteiger charge is 2.03. The lowest BCUT2D eigenvalue weighted by Gasteiger charge is -2.07. The number of ether oxygens (including phenoxy) is 1. The minimum atomic E-state index is 0.220. The zero-order chi connectivity index (χ0) is 11.1. The molecule has 0 radical (unpaired) electrons. The van der Waals surface area contributed by atoms with Gasteiger partial charge in [-0.05, 0) is 18.9 Å². The lowest BCUT2D eigenvalue weighted by molar-refractivity contribution is 0.250. The lowest BCUT2D eigenvalue weighted by Crippen LogP contribution is -2.03. The maximum Gasteiger partial charge on any atom is 0.214 e. The Bertz CT molecular complexity index is 294. The molecule has 1 heterocycles. The van der Waals surface area contributed by atoms with E-state index in [0.29, 0.717) is 18.4 Å². The minimum Gasteiger partial charge on any atom is -0.478 e. The van der Waals surface area contributed by atoms with Crippen LogP contribution in [0.15, 0.2) is 23.2 Å². The van der Waals surface area contributed by atoms with Crippen LogP contribution < -0.4 is 4.74 Å². The molecule has 0 aromatic carbocycles. The third-order valence-electron chi connectivity index (χ3n) is 1.82. The fraction of sp³-hybridized carbons (Fsp3) is 0.545. The number of aromatic nitrogens is 1. The second kappa shape index (κ2) is 6.69. The molecule has 0 fully saturated rings. The van der Waals surface area contributed by atoms with Crippen LogP contribution in [0.25, 0.3) is 0 Å². The monoisotopic (exact) mass is 227 g/mol. The van der Waals surface area contributed by atoms with Crippen LogP contribution in [0.4, 0.5) is 0 Å². The largest absolute Gasteiger partial charge is 0.478 e. The molecule has 1 rings (SSSR count). The standard InChI is InChI=1S/C11H17NO2S/c1-3-14-10-5-4-6-11(12-10)15-8-9(2)7-13/h4-6,9,13H,3,7-8H2,1-2H3. The quantitative estimate of drug-likeness (QED) is 0.757. The summed E-state index contributed by atoms with van der Waals surface area (Å²) in [4.78, 5) is 4.33. The molecule has 1 aromatic heterocycles. The van der Waals surface area contributed by atoms with Crippen LogP contribution in [-0.4, -0.2) is 29.1 Å². The second-order valence-corrected chi connectivity index (χ2v) is 4.39. The van der Waals surface area contributed by atoms with Gasteiger partial charge in [0.25, 0.3) is 0 Å². The molecule has 3 nitrogen and oxygen atoms in total. The van der Waals surface area contributed by atoms with E-state index in [4.69, 9.17) is 9.84 Å². The zero-order valence-corrected chi connectivity index (χ0v) is 9.96. The van der Waals surface area contributed by atoms with Crippen molar-refractivity contribution in [3.05, 3.63) is 18.2 Å². The normalized spacial score (nSPS) is 12.5. The van der Waals surface area contributed by atoms with Crippen molar-refractivity contribution in [1.82, 2.24) is 4.98 Å². The second-order valence-electron chi connectivity index (χ2n) is 3.35. The molecule has 1 aromatic rings. The zero-order valence-electron chi connectivity index (χ0n) is 9.14. The van der Waals surface area contributed by atoms with Gasteiger partial charge in [-0.15, -0.1) is 11.8 Å². The molecule has 0 bridgehead atoms. The smallest absolute Gasteiger partial charge is 0.214 e. The van der Waals surface area contributed by atoms with Gasteiger partial charge in [-0.3, -0.25) is 0 Å². The van der Waals surface area contributed by atoms with E-state index in [1.807, 2.05) is 32.0 Å². The first-order chi connectivity index (χ1) is 7.26. The van der Waals surface area contributed by atoms with E-state index in [0.717, 1.165) is 10.8 Å². The summed E-state index contributed by atoms with van der Waals surface area (Å²) in [5.74, 6) is 1.84. The summed E-state index contributed by atoms with van der Waals surface area (Å²) in [7, 11) is 0. The van der Waals surface area contributed by atoms with E-state index in [9.17, 15) is 0 Å². The van der Waals surface area contributed by atoms with Crippen LogP contribution in [0.5, 0.6) is 5.88 Å². The predicted molar refractivity (Wildman–Crippen MR) is 62.4 cm³/mol. The first kappa shape index (κ1) is 12.3. The van der Waals surface area contributed by atoms with E-state index < -0.39 is 0 Å². The average molecular weight is 227 g/mol. The molecule has 0 amide bonds. The molecule has 0 saturated carbocycles. The van der Waals surface area contributed by atoms with E-state index in [1.54, 1.807) is 11.8 Å². The highest BCUT2D eigenvalue weighted by atomic mass is 32.2. The summed E-state index contributed by atoms with van der Waals surface area (Å²) < 4.78 is 5.31. The first-order valence-corrected chi connectivity index (χ1v) is 6.08. The fourth-order valence-corrected chi connectivity index (χ4v) is 1.87. The maximum atomic E-state index is 8.89. The molecule has 4 heteroatoms. The molecular weight excluding hydrogens is 210 g/mol. The van der Waals surface area contributed by atoms with Crippen molar-refractivity contribution in [3.8, 4) is 5.88 Å². The molecule has 15 heavy (non-hydrogen) atoms. The number of pyridine rings is 1. The van der Waals surface area contributed by atoms with Crippen molar-refractivity contribution in [2.75, 3.05) is 19.0 Å². The number of nitrogens with zero attached hydrogens (tertiary/aromatic N) is 1. The Morgan fingerprint density at radius 1 is 1.53 bits per heavy atom. The molecule has 0 aliphatic rings. The number of hydrogen-bond acceptors (Lipinski definition) is 4. The Morgan fingerprint density at radius 2 is 2.33 bits per heavy atom. The summed E-state index contributed by atoms with van der Waals surface area (Å²) in [6, 6.07) is 5.74. The number of hydrogen-bond donors (Lipinski definition) is 1. The first-order valence-electron chi connectivity index (χ1n) is 5.09. The molecule has 0 aliphatic heterocycles. The van der Waals surface area contributed by atoms with Crippen LogP contribution in [0.1, 0.15) is 13.8 Å². The van der Waals surface area contributed by atoms with E-state index in [2.05, 4.69) is 4.98 Å². The molecule has 1 N–H and O–H groups in total. The van der Waals surface area contributed by atoms with Crippen molar-refractivity contribution < 1.29 is 9.84 Å². The van der Waals surface area contributed by atoms with Crippen LogP contribution in [0, 0.1) is 5.92 Å². The minimum absolute atomic E-state index is 0.220. The highest BCUT2D eigenvalue weighted by molar-refractivity contribution is 7.99. The van der Waals surface area contributed by atoms with Gasteiger partial charge in [0.1, 0.15) is 5.03 Å². The van der Waals surface area contributed by atoms with Crippen molar-refractivity contribution in [1.29, 1.82) is 0 Å². The lowest BCUT2D eigenvalue weighted by atomic mass is 10.2. The van der Waals surface area contributed by atoms with Crippen molar-refractivity contribution in [3.63, 3.8) is 0 Å². The Morgan fingerprint density at radius 3 is 3.00 bits per heavy atom. The third kappa shape index (κ3) is 4.53. The van der Waals surface area contributed by atoms with Gasteiger partial charge in [0, 0.05) is 18.4 Å². The number of aliphatic hydroxyl groups excluding tert-OH is 1. The van der Waals surface area contributed by atoms with Gasteiger partial charge in [-0.25, -0.2) is 4.98 Å². The van der Waals surface area contributed by atoms with E-state index in [-0.39, 0.29) is 6.61 Å². The van der Waals surface area contributed by atoms with Gasteiger partial charge < -0.3 is 9.84 Å². The fourth-order valence-electron chi connectivity index (χ4n) is 0.985. The molecule has 1 atom stereocenters. The van der Waals surface area contributed by atoms with Crippen LogP contribution in [0.2, 0.25) is 0 Å². The van der Waals surface area contributed by atoms with Crippen molar-refractivity contribution in [2.45, 2.75) is 18.9 Å². The molecular formula is C11H17NO2S. The molecule has 0 saturated heterocycles. The van der Waals surface area contributed by atoms with Crippen molar-refractivity contribution >= 4 is 11.8 Å². The van der Waals surface area contributed by atoms with Crippen LogP contribution >= 0.6 is 11.8 Å². The van der Waals surface area contributed by atoms with Gasteiger partial charge in [0.15, 0.2) is 0 Å². The third-order valence-corrected chi connectivity index (χ3v) is 3.08. The molecule has 0 aliphatic carbocycles. The van der Waals surface area contributed by atoms with Crippen LogP contribution in [0.3, 0.4) is 0 Å². The van der Waals surface area contributed by atoms with Gasteiger partial charge in [-0.1, -0.05) is 13.0 Å². The molecule has 1 unspecified atom stereocenters. The Balaban J connectivity index is 2.50. The number of aliphatic hydroxyl groups is 1. The number of thioether (sulfide) groups is 1. The van der Waals surface area contributed by atoms with Gasteiger partial charge in [0.05, 0.1) is 6.61 Å². The van der Waals surface area contributed by atoms with Crippen LogP contribution in [-0.2, 0) is 0 Å². The number of rotatable bonds is 6. The summed E-state index contributed by atoms with van der Waals surface area (Å²) in [6.45, 7) is 4.81. The summed E-state index contributed by atoms with van der Waals surface area (Å²) in [6.07, 6.45) is 0. The summed E-state index contributed by atoms with van der Waals surface area (Å²) in [5.41, 5.74) is 0. The average Bonchev–Trinajstić information content (AvgIpc) is 2.27. The van der Waals surface area contributed by atoms with Crippen molar-refractivity contribution in [2.24, 2.45) is 5.92 Å². The summed E-state index contributed by atoms with van der Waals surface area (Å²) in [5, 5.41) is 9.84. The summed E-state index contributed by atoms with van der Waals surface area (Å²) >= 11 is 1.64. The topological polar surface area (TPSA) is 42.4 Å². The van der Waals surface area contributed by atoms with E-state index >= 15 is 0 Å². The van der Waals surface area contributed by atoms with Gasteiger partial charge in [-0.2, -0.15) is 0 Å². The highest BCUT2D eigenvalue weighted by Crippen LogP contribution is 2.20. The molecule has 0 spiro atoms. The van der Waals surface area contributed by atoms with E-state index in [1.165, 1.54) is 0 Å². The molecule has 84 valence electrons. The Hall–Kier alpha value is -0.740. The SMILES string of the molecule is CCOc1cccc(SCC(C)CO)n1. The van der Waals surface area contributed by atoms with Gasteiger partial charge >= 0.3 is 0 Å². The Kier molecular flexibility index (Phi) is 5.50. The maximum absolute atomic E-state index is 8.89. The predicted octanol–water partition coefficient (Wildman–Crippen LogP) is 2.20. The van der Waals surface area contributed by atoms with Gasteiger partial charge in [0.2, 0.25) is 5.88 Å².